The van der Waals surface area contributed by atoms with E-state index in [0.29, 0.717) is 0 Å². The summed E-state index contributed by atoms with van der Waals surface area (Å²) >= 11 is 0. The van der Waals surface area contributed by atoms with Gasteiger partial charge in [0.2, 0.25) is 0 Å². The molecule has 0 spiro atoms. The van der Waals surface area contributed by atoms with Crippen molar-refractivity contribution in [1.29, 1.82) is 0 Å². The fraction of sp³-hybridized carbons (Fsp3) is 0.375. The number of carboxylic acid groups (broad SMARTS) is 1. The lowest BCUT2D eigenvalue weighted by Gasteiger charge is -2.18. The van der Waals surface area contributed by atoms with Crippen molar-refractivity contribution in [3.05, 3.63) is 35.5 Å². The molecule has 0 saturated heterocycles. The highest BCUT2D eigenvalue weighted by atomic mass is 19.1. The molecule has 0 aliphatic rings. The molecule has 1 amide bonds. The van der Waals surface area contributed by atoms with Gasteiger partial charge in [0.25, 0.3) is 5.91 Å². The molecular formula is C16H19FN2O3. The van der Waals surface area contributed by atoms with E-state index in [9.17, 15) is 14.0 Å². The Morgan fingerprint density at radius 3 is 2.55 bits per heavy atom. The van der Waals surface area contributed by atoms with Crippen LogP contribution in [-0.4, -0.2) is 34.7 Å². The maximum Gasteiger partial charge on any atom is 0.328 e. The lowest BCUT2D eigenvalue weighted by atomic mass is 9.87. The number of H-pyrrole nitrogens is 1. The van der Waals surface area contributed by atoms with Gasteiger partial charge in [-0.15, -0.1) is 0 Å². The Morgan fingerprint density at radius 2 is 2.00 bits per heavy atom. The molecule has 0 aliphatic heterocycles. The molecule has 5 nitrogen and oxygen atoms in total. The van der Waals surface area contributed by atoms with Gasteiger partial charge < -0.3 is 15.4 Å². The molecule has 0 radical (unpaired) electrons. The molecule has 1 unspecified atom stereocenters. The Kier molecular flexibility index (Phi) is 4.21. The maximum atomic E-state index is 12.6. The molecule has 0 aliphatic carbocycles. The summed E-state index contributed by atoms with van der Waals surface area (Å²) in [4.78, 5) is 25.7. The first-order valence-corrected chi connectivity index (χ1v) is 6.95. The van der Waals surface area contributed by atoms with E-state index in [2.05, 4.69) is 31.1 Å². The number of aromatic nitrogens is 1. The number of benzene rings is 1. The number of alkyl halides is 1. The quantitative estimate of drug-likeness (QED) is 0.812. The number of hydrogen-bond acceptors (Lipinski definition) is 2. The van der Waals surface area contributed by atoms with Gasteiger partial charge in [0.1, 0.15) is 12.4 Å². The molecule has 0 bridgehead atoms. The molecule has 6 heteroatoms. The van der Waals surface area contributed by atoms with Crippen molar-refractivity contribution in [3.63, 3.8) is 0 Å². The second kappa shape index (κ2) is 5.79. The number of carbonyl (C=O) groups excluding carboxylic acids is 1. The minimum absolute atomic E-state index is 0.0235. The topological polar surface area (TPSA) is 82.2 Å². The number of carbonyl (C=O) groups is 2. The van der Waals surface area contributed by atoms with E-state index < -0.39 is 24.6 Å². The summed E-state index contributed by atoms with van der Waals surface area (Å²) < 4.78 is 12.6. The summed E-state index contributed by atoms with van der Waals surface area (Å²) in [6, 6.07) is 5.92. The van der Waals surface area contributed by atoms with Crippen LogP contribution < -0.4 is 5.32 Å². The van der Waals surface area contributed by atoms with Crippen LogP contribution in [-0.2, 0) is 10.2 Å². The minimum Gasteiger partial charge on any atom is -0.480 e. The molecular weight excluding hydrogens is 287 g/mol. The van der Waals surface area contributed by atoms with Crippen LogP contribution in [0.15, 0.2) is 24.3 Å². The van der Waals surface area contributed by atoms with E-state index in [1.54, 1.807) is 6.07 Å². The molecule has 2 aromatic rings. The lowest BCUT2D eigenvalue weighted by Crippen LogP contribution is -2.42. The number of hydrogen-bond donors (Lipinski definition) is 3. The van der Waals surface area contributed by atoms with E-state index >= 15 is 0 Å². The van der Waals surface area contributed by atoms with Gasteiger partial charge in [-0.3, -0.25) is 4.79 Å². The number of halogens is 1. The van der Waals surface area contributed by atoms with E-state index in [4.69, 9.17) is 5.11 Å². The van der Waals surface area contributed by atoms with Gasteiger partial charge in [-0.05, 0) is 23.1 Å². The van der Waals surface area contributed by atoms with E-state index in [0.717, 1.165) is 16.5 Å². The van der Waals surface area contributed by atoms with Crippen LogP contribution in [0.5, 0.6) is 0 Å². The summed E-state index contributed by atoms with van der Waals surface area (Å²) in [5, 5.41) is 11.8. The second-order valence-corrected chi connectivity index (χ2v) is 6.25. The van der Waals surface area contributed by atoms with Crippen molar-refractivity contribution in [2.24, 2.45) is 0 Å². The molecule has 1 heterocycles. The smallest absolute Gasteiger partial charge is 0.328 e. The van der Waals surface area contributed by atoms with Crippen molar-refractivity contribution in [2.75, 3.05) is 6.67 Å². The Hall–Kier alpha value is -2.37. The predicted molar refractivity (Wildman–Crippen MR) is 81.9 cm³/mol. The number of fused-ring (bicyclic) bond motifs is 1. The first kappa shape index (κ1) is 16.0. The van der Waals surface area contributed by atoms with Gasteiger partial charge in [0, 0.05) is 10.9 Å². The minimum atomic E-state index is -1.54. The number of carboxylic acids is 1. The fourth-order valence-corrected chi connectivity index (χ4v) is 2.12. The zero-order valence-electron chi connectivity index (χ0n) is 12.7. The van der Waals surface area contributed by atoms with E-state index in [1.807, 2.05) is 18.2 Å². The number of aliphatic carboxylic acids is 1. The molecule has 22 heavy (non-hydrogen) atoms. The number of amides is 1. The van der Waals surface area contributed by atoms with Crippen LogP contribution in [0.2, 0.25) is 0 Å². The normalized spacial score (nSPS) is 13.1. The molecule has 3 N–H and O–H groups in total. The zero-order valence-corrected chi connectivity index (χ0v) is 12.7. The maximum absolute atomic E-state index is 12.6. The summed E-state index contributed by atoms with van der Waals surface area (Å²) in [7, 11) is 0. The Bertz CT molecular complexity index is 716. The second-order valence-electron chi connectivity index (χ2n) is 6.25. The lowest BCUT2D eigenvalue weighted by molar-refractivity contribution is -0.139. The van der Waals surface area contributed by atoms with Crippen LogP contribution in [0.1, 0.15) is 36.8 Å². The summed E-state index contributed by atoms with van der Waals surface area (Å²) in [5.74, 6) is -2.04. The Labute approximate surface area is 127 Å². The highest BCUT2D eigenvalue weighted by Crippen LogP contribution is 2.26. The van der Waals surface area contributed by atoms with Gasteiger partial charge in [0.15, 0.2) is 6.04 Å². The van der Waals surface area contributed by atoms with Crippen molar-refractivity contribution in [1.82, 2.24) is 10.3 Å². The predicted octanol–water partition coefficient (Wildman–Crippen LogP) is 2.62. The Morgan fingerprint density at radius 1 is 1.32 bits per heavy atom. The summed E-state index contributed by atoms with van der Waals surface area (Å²) in [6.07, 6.45) is 0. The van der Waals surface area contributed by atoms with Crippen molar-refractivity contribution in [2.45, 2.75) is 32.2 Å². The van der Waals surface area contributed by atoms with Crippen molar-refractivity contribution < 1.29 is 19.1 Å². The van der Waals surface area contributed by atoms with E-state index in [-0.39, 0.29) is 11.1 Å². The summed E-state index contributed by atoms with van der Waals surface area (Å²) in [6.45, 7) is 5.10. The number of nitrogens with one attached hydrogen (secondary N) is 2. The average molecular weight is 306 g/mol. The summed E-state index contributed by atoms with van der Waals surface area (Å²) in [5.41, 5.74) is 2.08. The standard InChI is InChI=1S/C16H19FN2O3/c1-16(2,3)10-5-4-9-6-12(18-11(9)7-10)14(20)19-13(8-17)15(21)22/h4-7,13,18H,8H2,1-3H3,(H,19,20)(H,21,22). The van der Waals surface area contributed by atoms with Gasteiger partial charge in [-0.2, -0.15) is 0 Å². The molecule has 1 aromatic carbocycles. The van der Waals surface area contributed by atoms with Crippen molar-refractivity contribution in [3.8, 4) is 0 Å². The highest BCUT2D eigenvalue weighted by molar-refractivity contribution is 5.99. The molecule has 1 aromatic heterocycles. The van der Waals surface area contributed by atoms with Gasteiger partial charge in [0.05, 0.1) is 0 Å². The molecule has 0 fully saturated rings. The molecule has 0 saturated carbocycles. The van der Waals surface area contributed by atoms with Crippen LogP contribution in [0.4, 0.5) is 4.39 Å². The Balaban J connectivity index is 2.29. The highest BCUT2D eigenvalue weighted by Gasteiger charge is 2.21. The monoisotopic (exact) mass is 306 g/mol. The van der Waals surface area contributed by atoms with Crippen LogP contribution in [0.3, 0.4) is 0 Å². The molecule has 2 rings (SSSR count). The average Bonchev–Trinajstić information content (AvgIpc) is 2.86. The SMILES string of the molecule is CC(C)(C)c1ccc2cc(C(=O)NC(CF)C(=O)O)[nH]c2c1. The third-order valence-corrected chi connectivity index (χ3v) is 3.49. The van der Waals surface area contributed by atoms with Crippen LogP contribution in [0.25, 0.3) is 10.9 Å². The van der Waals surface area contributed by atoms with Crippen LogP contribution >= 0.6 is 0 Å². The largest absolute Gasteiger partial charge is 0.480 e. The first-order chi connectivity index (χ1) is 10.2. The fourth-order valence-electron chi connectivity index (χ4n) is 2.12. The van der Waals surface area contributed by atoms with E-state index in [1.165, 1.54) is 0 Å². The third-order valence-electron chi connectivity index (χ3n) is 3.49. The van der Waals surface area contributed by atoms with Gasteiger partial charge in [-0.1, -0.05) is 32.9 Å². The van der Waals surface area contributed by atoms with Gasteiger partial charge in [-0.25, -0.2) is 9.18 Å². The third kappa shape index (κ3) is 3.27. The number of rotatable bonds is 4. The molecule has 118 valence electrons. The van der Waals surface area contributed by atoms with Gasteiger partial charge >= 0.3 is 5.97 Å². The molecule has 1 atom stereocenters. The zero-order chi connectivity index (χ0) is 16.5. The van der Waals surface area contributed by atoms with Crippen LogP contribution in [0, 0.1) is 0 Å². The van der Waals surface area contributed by atoms with Crippen molar-refractivity contribution >= 4 is 22.8 Å². The first-order valence-electron chi connectivity index (χ1n) is 6.95. The number of aromatic amines is 1.